The Labute approximate surface area is 186 Å². The van der Waals surface area contributed by atoms with Crippen LogP contribution < -0.4 is 14.5 Å². The summed E-state index contributed by atoms with van der Waals surface area (Å²) in [6.07, 6.45) is 1.36. The number of methoxy groups -OCH3 is 1. The summed E-state index contributed by atoms with van der Waals surface area (Å²) in [5.74, 6) is -0.372. The number of rotatable bonds is 8. The molecule has 0 saturated heterocycles. The molecule has 0 heterocycles. The third kappa shape index (κ3) is 5.25. The molecule has 0 saturated carbocycles. The first-order valence-corrected chi connectivity index (χ1v) is 11.1. The Morgan fingerprint density at radius 1 is 1.09 bits per heavy atom. The van der Waals surface area contributed by atoms with E-state index in [0.29, 0.717) is 16.8 Å². The number of aryl methyl sites for hydroxylation is 1. The smallest absolute Gasteiger partial charge is 0.264 e. The number of nitrogens with zero attached hydrogens (tertiary/aromatic N) is 2. The summed E-state index contributed by atoms with van der Waals surface area (Å²) in [6, 6.07) is 19.4. The van der Waals surface area contributed by atoms with Crippen LogP contribution in [0.15, 0.2) is 82.8 Å². The van der Waals surface area contributed by atoms with Gasteiger partial charge >= 0.3 is 0 Å². The van der Waals surface area contributed by atoms with Gasteiger partial charge in [0.25, 0.3) is 15.9 Å². The SMILES string of the molecule is COc1cc(/C=N\NC(=O)CN(c2ccccc2C)S(=O)(=O)c2ccccc2)ccc1O. The molecule has 0 atom stereocenters. The van der Waals surface area contributed by atoms with Crippen molar-refractivity contribution in [2.45, 2.75) is 11.8 Å². The van der Waals surface area contributed by atoms with E-state index in [1.165, 1.54) is 31.5 Å². The summed E-state index contributed by atoms with van der Waals surface area (Å²) in [4.78, 5) is 12.7. The number of nitrogens with one attached hydrogen (secondary N) is 1. The lowest BCUT2D eigenvalue weighted by Gasteiger charge is -2.25. The molecule has 0 aromatic heterocycles. The van der Waals surface area contributed by atoms with Gasteiger partial charge in [-0.1, -0.05) is 36.4 Å². The second kappa shape index (κ2) is 9.97. The number of hydrogen-bond donors (Lipinski definition) is 2. The van der Waals surface area contributed by atoms with Gasteiger partial charge in [-0.15, -0.1) is 0 Å². The summed E-state index contributed by atoms with van der Waals surface area (Å²) in [6.45, 7) is 1.31. The minimum atomic E-state index is -3.99. The Hall–Kier alpha value is -3.85. The van der Waals surface area contributed by atoms with Crippen molar-refractivity contribution in [1.29, 1.82) is 0 Å². The number of aromatic hydroxyl groups is 1. The first kappa shape index (κ1) is 22.8. The van der Waals surface area contributed by atoms with Crippen LogP contribution in [-0.2, 0) is 14.8 Å². The summed E-state index contributed by atoms with van der Waals surface area (Å²) in [5, 5.41) is 13.5. The number of hydrogen-bond acceptors (Lipinski definition) is 6. The lowest BCUT2D eigenvalue weighted by atomic mass is 10.2. The van der Waals surface area contributed by atoms with E-state index in [0.717, 1.165) is 4.31 Å². The average Bonchev–Trinajstić information content (AvgIpc) is 2.79. The number of anilines is 1. The molecule has 0 radical (unpaired) electrons. The van der Waals surface area contributed by atoms with Gasteiger partial charge in [0.05, 0.1) is 23.9 Å². The molecule has 0 spiro atoms. The highest BCUT2D eigenvalue weighted by Crippen LogP contribution is 2.27. The van der Waals surface area contributed by atoms with E-state index in [9.17, 15) is 18.3 Å². The van der Waals surface area contributed by atoms with Crippen molar-refractivity contribution in [1.82, 2.24) is 5.43 Å². The maximum absolute atomic E-state index is 13.3. The van der Waals surface area contributed by atoms with Crippen LogP contribution in [0.4, 0.5) is 5.69 Å². The summed E-state index contributed by atoms with van der Waals surface area (Å²) >= 11 is 0. The van der Waals surface area contributed by atoms with Crippen LogP contribution in [-0.4, -0.2) is 39.3 Å². The van der Waals surface area contributed by atoms with E-state index in [4.69, 9.17) is 4.74 Å². The van der Waals surface area contributed by atoms with Gasteiger partial charge in [-0.2, -0.15) is 5.10 Å². The quantitative estimate of drug-likeness (QED) is 0.403. The lowest BCUT2D eigenvalue weighted by Crippen LogP contribution is -2.40. The van der Waals surface area contributed by atoms with Crippen molar-refractivity contribution in [3.8, 4) is 11.5 Å². The second-order valence-corrected chi connectivity index (χ2v) is 8.70. The number of ether oxygens (including phenoxy) is 1. The van der Waals surface area contributed by atoms with Crippen LogP contribution in [0.5, 0.6) is 11.5 Å². The predicted octanol–water partition coefficient (Wildman–Crippen LogP) is 3.05. The Morgan fingerprint density at radius 2 is 1.78 bits per heavy atom. The fourth-order valence-electron chi connectivity index (χ4n) is 2.98. The van der Waals surface area contributed by atoms with Gasteiger partial charge < -0.3 is 9.84 Å². The highest BCUT2D eigenvalue weighted by molar-refractivity contribution is 7.92. The molecular formula is C23H23N3O5S. The number of carbonyl (C=O) groups excluding carboxylic acids is 1. The molecule has 0 aliphatic carbocycles. The number of phenols is 1. The third-order valence-corrected chi connectivity index (χ3v) is 6.38. The number of amides is 1. The predicted molar refractivity (Wildman–Crippen MR) is 123 cm³/mol. The van der Waals surface area contributed by atoms with E-state index in [1.807, 2.05) is 0 Å². The lowest BCUT2D eigenvalue weighted by molar-refractivity contribution is -0.119. The van der Waals surface area contributed by atoms with Gasteiger partial charge in [0.15, 0.2) is 11.5 Å². The largest absolute Gasteiger partial charge is 0.504 e. The molecule has 8 nitrogen and oxygen atoms in total. The van der Waals surface area contributed by atoms with Gasteiger partial charge in [-0.25, -0.2) is 13.8 Å². The summed E-state index contributed by atoms with van der Waals surface area (Å²) in [7, 11) is -2.56. The number of phenolic OH excluding ortho intramolecular Hbond substituents is 1. The fourth-order valence-corrected chi connectivity index (χ4v) is 4.49. The molecule has 0 aliphatic rings. The fraction of sp³-hybridized carbons (Fsp3) is 0.130. The molecule has 3 aromatic rings. The van der Waals surface area contributed by atoms with Gasteiger partial charge in [0.1, 0.15) is 6.54 Å². The Bertz CT molecular complexity index is 1230. The Kier molecular flexibility index (Phi) is 7.11. The zero-order valence-corrected chi connectivity index (χ0v) is 18.4. The van der Waals surface area contributed by atoms with Crippen molar-refractivity contribution in [3.63, 3.8) is 0 Å². The first-order chi connectivity index (χ1) is 15.3. The zero-order valence-electron chi connectivity index (χ0n) is 17.6. The van der Waals surface area contributed by atoms with E-state index >= 15 is 0 Å². The highest BCUT2D eigenvalue weighted by Gasteiger charge is 2.27. The van der Waals surface area contributed by atoms with Crippen LogP contribution in [0.25, 0.3) is 0 Å². The molecule has 32 heavy (non-hydrogen) atoms. The molecule has 3 rings (SSSR count). The Balaban J connectivity index is 1.82. The molecule has 9 heteroatoms. The van der Waals surface area contributed by atoms with E-state index in [2.05, 4.69) is 10.5 Å². The molecule has 0 fully saturated rings. The molecule has 1 amide bonds. The third-order valence-electron chi connectivity index (χ3n) is 4.61. The molecule has 0 unspecified atom stereocenters. The monoisotopic (exact) mass is 453 g/mol. The van der Waals surface area contributed by atoms with Gasteiger partial charge in [0.2, 0.25) is 0 Å². The second-order valence-electron chi connectivity index (χ2n) is 6.84. The summed E-state index contributed by atoms with van der Waals surface area (Å²) < 4.78 is 32.7. The standard InChI is InChI=1S/C23H23N3O5S/c1-17-8-6-7-11-20(17)26(32(29,30)19-9-4-3-5-10-19)16-23(28)25-24-15-18-12-13-21(27)22(14-18)31-2/h3-15,27H,16H2,1-2H3,(H,25,28)/b24-15-. The van der Waals surface area contributed by atoms with Crippen LogP contribution in [0, 0.1) is 6.92 Å². The molecule has 166 valence electrons. The van der Waals surface area contributed by atoms with Gasteiger partial charge in [0, 0.05) is 0 Å². The molecule has 0 aliphatic heterocycles. The Morgan fingerprint density at radius 3 is 2.47 bits per heavy atom. The van der Waals surface area contributed by atoms with Gasteiger partial charge in [-0.3, -0.25) is 9.10 Å². The highest BCUT2D eigenvalue weighted by atomic mass is 32.2. The topological polar surface area (TPSA) is 108 Å². The number of para-hydroxylation sites is 1. The van der Waals surface area contributed by atoms with Crippen molar-refractivity contribution >= 4 is 27.8 Å². The zero-order chi connectivity index (χ0) is 23.1. The molecule has 0 bridgehead atoms. The first-order valence-electron chi connectivity index (χ1n) is 9.65. The minimum absolute atomic E-state index is 0.0197. The number of sulfonamides is 1. The van der Waals surface area contributed by atoms with Gasteiger partial charge in [-0.05, 0) is 54.4 Å². The number of carbonyl (C=O) groups is 1. The molecule has 3 aromatic carbocycles. The van der Waals surface area contributed by atoms with Crippen molar-refractivity contribution in [3.05, 3.63) is 83.9 Å². The maximum Gasteiger partial charge on any atom is 0.264 e. The maximum atomic E-state index is 13.3. The van der Waals surface area contributed by atoms with E-state index in [1.54, 1.807) is 61.5 Å². The number of benzene rings is 3. The van der Waals surface area contributed by atoms with E-state index < -0.39 is 22.5 Å². The van der Waals surface area contributed by atoms with Crippen molar-refractivity contribution < 1.29 is 23.1 Å². The van der Waals surface area contributed by atoms with Crippen LogP contribution in [0.1, 0.15) is 11.1 Å². The minimum Gasteiger partial charge on any atom is -0.504 e. The summed E-state index contributed by atoms with van der Waals surface area (Å²) in [5.41, 5.74) is 4.03. The van der Waals surface area contributed by atoms with Crippen LogP contribution in [0.2, 0.25) is 0 Å². The van der Waals surface area contributed by atoms with Crippen LogP contribution >= 0.6 is 0 Å². The van der Waals surface area contributed by atoms with E-state index in [-0.39, 0.29) is 16.4 Å². The molecular weight excluding hydrogens is 430 g/mol. The molecule has 2 N–H and O–H groups in total. The van der Waals surface area contributed by atoms with Crippen LogP contribution in [0.3, 0.4) is 0 Å². The van der Waals surface area contributed by atoms with Crippen molar-refractivity contribution in [2.75, 3.05) is 18.0 Å². The normalized spacial score (nSPS) is 11.3. The number of hydrazone groups is 1. The van der Waals surface area contributed by atoms with Crippen molar-refractivity contribution in [2.24, 2.45) is 5.10 Å². The average molecular weight is 454 g/mol.